The van der Waals surface area contributed by atoms with Crippen LogP contribution in [0.1, 0.15) is 45.0 Å². The SMILES string of the molecule is CCOc1ccc(-n2c(SCc3nnc(C)o3)nnc2-c2ccc(C(C)(C)C)cc2)cc1. The molecule has 0 amide bonds. The van der Waals surface area contributed by atoms with Gasteiger partial charge in [-0.1, -0.05) is 56.8 Å². The molecule has 0 spiro atoms. The second-order valence-corrected chi connectivity index (χ2v) is 9.34. The van der Waals surface area contributed by atoms with Gasteiger partial charge in [-0.15, -0.1) is 20.4 Å². The molecule has 4 rings (SSSR count). The van der Waals surface area contributed by atoms with E-state index in [2.05, 4.69) is 70.0 Å². The Morgan fingerprint density at radius 1 is 0.938 bits per heavy atom. The predicted molar refractivity (Wildman–Crippen MR) is 125 cm³/mol. The maximum Gasteiger partial charge on any atom is 0.226 e. The molecule has 0 N–H and O–H groups in total. The third-order valence-electron chi connectivity index (χ3n) is 4.94. The number of aromatic nitrogens is 5. The summed E-state index contributed by atoms with van der Waals surface area (Å²) in [6.45, 7) is 11.0. The minimum Gasteiger partial charge on any atom is -0.494 e. The Bertz CT molecular complexity index is 1170. The van der Waals surface area contributed by atoms with Gasteiger partial charge in [0.1, 0.15) is 5.75 Å². The molecule has 0 fully saturated rings. The zero-order valence-corrected chi connectivity index (χ0v) is 19.8. The van der Waals surface area contributed by atoms with E-state index < -0.39 is 0 Å². The van der Waals surface area contributed by atoms with E-state index in [9.17, 15) is 0 Å². The Balaban J connectivity index is 1.71. The van der Waals surface area contributed by atoms with Crippen LogP contribution < -0.4 is 4.74 Å². The van der Waals surface area contributed by atoms with Gasteiger partial charge in [-0.25, -0.2) is 0 Å². The normalized spacial score (nSPS) is 11.7. The lowest BCUT2D eigenvalue weighted by Gasteiger charge is -2.19. The van der Waals surface area contributed by atoms with E-state index in [4.69, 9.17) is 9.15 Å². The van der Waals surface area contributed by atoms with E-state index in [0.29, 0.717) is 24.1 Å². The van der Waals surface area contributed by atoms with Gasteiger partial charge in [0, 0.05) is 18.2 Å². The monoisotopic (exact) mass is 449 g/mol. The first-order chi connectivity index (χ1) is 15.3. The topological polar surface area (TPSA) is 78.9 Å². The Labute approximate surface area is 192 Å². The van der Waals surface area contributed by atoms with Gasteiger partial charge in [-0.3, -0.25) is 4.57 Å². The summed E-state index contributed by atoms with van der Waals surface area (Å²) in [6.07, 6.45) is 0. The standard InChI is InChI=1S/C24H27N5O2S/c1-6-30-20-13-11-19(12-14-20)29-22(17-7-9-18(10-8-17)24(3,4)5)27-28-23(29)32-15-21-26-25-16(2)31-21/h7-14H,6,15H2,1-5H3. The van der Waals surface area contributed by atoms with Crippen LogP contribution in [-0.4, -0.2) is 31.6 Å². The zero-order valence-electron chi connectivity index (χ0n) is 19.0. The van der Waals surface area contributed by atoms with Crippen molar-refractivity contribution in [2.45, 2.75) is 50.9 Å². The molecule has 0 bridgehead atoms. The number of hydrogen-bond acceptors (Lipinski definition) is 7. The van der Waals surface area contributed by atoms with Crippen molar-refractivity contribution in [2.75, 3.05) is 6.61 Å². The van der Waals surface area contributed by atoms with Crippen molar-refractivity contribution < 1.29 is 9.15 Å². The van der Waals surface area contributed by atoms with Crippen LogP contribution in [0.15, 0.2) is 58.1 Å². The minimum absolute atomic E-state index is 0.0878. The molecule has 166 valence electrons. The van der Waals surface area contributed by atoms with Crippen molar-refractivity contribution in [3.05, 3.63) is 65.9 Å². The van der Waals surface area contributed by atoms with E-state index in [-0.39, 0.29) is 5.41 Å². The Morgan fingerprint density at radius 3 is 2.25 bits per heavy atom. The summed E-state index contributed by atoms with van der Waals surface area (Å²) in [5.74, 6) is 3.23. The average Bonchev–Trinajstić information content (AvgIpc) is 3.38. The Hall–Kier alpha value is -3.13. The molecule has 2 heterocycles. The first kappa shape index (κ1) is 22.1. The second-order valence-electron chi connectivity index (χ2n) is 8.40. The van der Waals surface area contributed by atoms with Crippen molar-refractivity contribution in [3.63, 3.8) is 0 Å². The van der Waals surface area contributed by atoms with Gasteiger partial charge < -0.3 is 9.15 Å². The van der Waals surface area contributed by atoms with Gasteiger partial charge in [-0.2, -0.15) is 0 Å². The second kappa shape index (κ2) is 9.16. The first-order valence-electron chi connectivity index (χ1n) is 10.6. The van der Waals surface area contributed by atoms with Crippen LogP contribution in [0.5, 0.6) is 5.75 Å². The van der Waals surface area contributed by atoms with Gasteiger partial charge in [0.25, 0.3) is 0 Å². The van der Waals surface area contributed by atoms with E-state index in [1.807, 2.05) is 31.2 Å². The third-order valence-corrected chi connectivity index (χ3v) is 5.85. The number of thioether (sulfide) groups is 1. The van der Waals surface area contributed by atoms with Crippen LogP contribution in [0.2, 0.25) is 0 Å². The van der Waals surface area contributed by atoms with Crippen molar-refractivity contribution in [1.82, 2.24) is 25.0 Å². The van der Waals surface area contributed by atoms with Crippen molar-refractivity contribution in [3.8, 4) is 22.8 Å². The molecule has 0 aliphatic heterocycles. The molecule has 2 aromatic carbocycles. The highest BCUT2D eigenvalue weighted by Crippen LogP contribution is 2.31. The summed E-state index contributed by atoms with van der Waals surface area (Å²) in [4.78, 5) is 0. The molecule has 0 aliphatic carbocycles. The van der Waals surface area contributed by atoms with Crippen molar-refractivity contribution in [1.29, 1.82) is 0 Å². The maximum atomic E-state index is 5.60. The fourth-order valence-electron chi connectivity index (χ4n) is 3.28. The summed E-state index contributed by atoms with van der Waals surface area (Å²) in [6, 6.07) is 16.5. The highest BCUT2D eigenvalue weighted by Gasteiger charge is 2.19. The molecular weight excluding hydrogens is 422 g/mol. The van der Waals surface area contributed by atoms with Gasteiger partial charge >= 0.3 is 0 Å². The van der Waals surface area contributed by atoms with Crippen LogP contribution in [0.3, 0.4) is 0 Å². The summed E-state index contributed by atoms with van der Waals surface area (Å²) < 4.78 is 13.2. The van der Waals surface area contributed by atoms with Crippen LogP contribution >= 0.6 is 11.8 Å². The predicted octanol–water partition coefficient (Wildman–Crippen LogP) is 5.61. The Morgan fingerprint density at radius 2 is 1.66 bits per heavy atom. The number of aryl methyl sites for hydroxylation is 1. The number of benzene rings is 2. The van der Waals surface area contributed by atoms with E-state index in [1.165, 1.54) is 17.3 Å². The van der Waals surface area contributed by atoms with Gasteiger partial charge in [0.15, 0.2) is 11.0 Å². The Kier molecular flexibility index (Phi) is 6.32. The maximum absolute atomic E-state index is 5.60. The minimum atomic E-state index is 0.0878. The highest BCUT2D eigenvalue weighted by molar-refractivity contribution is 7.98. The molecule has 0 atom stereocenters. The third kappa shape index (κ3) is 4.85. The van der Waals surface area contributed by atoms with Crippen LogP contribution in [-0.2, 0) is 11.2 Å². The molecule has 2 aromatic heterocycles. The molecule has 4 aromatic rings. The lowest BCUT2D eigenvalue weighted by Crippen LogP contribution is -2.10. The highest BCUT2D eigenvalue weighted by atomic mass is 32.2. The molecule has 0 saturated heterocycles. The fourth-order valence-corrected chi connectivity index (χ4v) is 4.07. The smallest absolute Gasteiger partial charge is 0.226 e. The lowest BCUT2D eigenvalue weighted by molar-refractivity contribution is 0.340. The molecule has 0 unspecified atom stereocenters. The summed E-state index contributed by atoms with van der Waals surface area (Å²) in [5, 5.41) is 17.7. The van der Waals surface area contributed by atoms with E-state index in [1.54, 1.807) is 6.92 Å². The average molecular weight is 450 g/mol. The molecule has 8 heteroatoms. The van der Waals surface area contributed by atoms with Gasteiger partial charge in [-0.05, 0) is 42.2 Å². The molecule has 0 radical (unpaired) electrons. The zero-order chi connectivity index (χ0) is 22.7. The van der Waals surface area contributed by atoms with Crippen molar-refractivity contribution in [2.24, 2.45) is 0 Å². The summed E-state index contributed by atoms with van der Waals surface area (Å²) >= 11 is 1.51. The number of rotatable bonds is 7. The van der Waals surface area contributed by atoms with Gasteiger partial charge in [0.2, 0.25) is 11.8 Å². The van der Waals surface area contributed by atoms with Gasteiger partial charge in [0.05, 0.1) is 12.4 Å². The molecular formula is C24H27N5O2S. The number of hydrogen-bond donors (Lipinski definition) is 0. The molecule has 32 heavy (non-hydrogen) atoms. The summed E-state index contributed by atoms with van der Waals surface area (Å²) in [7, 11) is 0. The lowest BCUT2D eigenvalue weighted by atomic mass is 9.87. The first-order valence-corrected chi connectivity index (χ1v) is 11.5. The summed E-state index contributed by atoms with van der Waals surface area (Å²) in [5.41, 5.74) is 3.32. The van der Waals surface area contributed by atoms with Crippen LogP contribution in [0.25, 0.3) is 17.1 Å². The molecule has 0 aliphatic rings. The molecule has 0 saturated carbocycles. The number of nitrogens with zero attached hydrogens (tertiary/aromatic N) is 5. The van der Waals surface area contributed by atoms with Crippen LogP contribution in [0.4, 0.5) is 0 Å². The largest absolute Gasteiger partial charge is 0.494 e. The molecule has 7 nitrogen and oxygen atoms in total. The number of ether oxygens (including phenoxy) is 1. The quantitative estimate of drug-likeness (QED) is 0.339. The van der Waals surface area contributed by atoms with Crippen molar-refractivity contribution >= 4 is 11.8 Å². The van der Waals surface area contributed by atoms with Crippen LogP contribution in [0, 0.1) is 6.92 Å². The van der Waals surface area contributed by atoms with E-state index >= 15 is 0 Å². The van der Waals surface area contributed by atoms with E-state index in [0.717, 1.165) is 28.0 Å². The fraction of sp³-hybridized carbons (Fsp3) is 0.333.